The van der Waals surface area contributed by atoms with Crippen molar-refractivity contribution in [3.63, 3.8) is 0 Å². The molecule has 0 saturated carbocycles. The predicted molar refractivity (Wildman–Crippen MR) is 108 cm³/mol. The van der Waals surface area contributed by atoms with Crippen molar-refractivity contribution >= 4 is 34.5 Å². The maximum absolute atomic E-state index is 12.4. The first-order valence-electron chi connectivity index (χ1n) is 8.24. The molecule has 0 aliphatic rings. The van der Waals surface area contributed by atoms with Crippen LogP contribution < -0.4 is 5.32 Å². The van der Waals surface area contributed by atoms with Crippen LogP contribution in [0.15, 0.2) is 47.8 Å². The van der Waals surface area contributed by atoms with Gasteiger partial charge in [0.1, 0.15) is 11.0 Å². The zero-order chi connectivity index (χ0) is 18.9. The Balaban J connectivity index is 2.24. The molecule has 1 aromatic heterocycles. The Morgan fingerprint density at radius 2 is 1.88 bits per heavy atom. The molecule has 0 saturated heterocycles. The van der Waals surface area contributed by atoms with Gasteiger partial charge in [-0.3, -0.25) is 4.79 Å². The number of nitrogens with one attached hydrogen (secondary N) is 1. The van der Waals surface area contributed by atoms with Crippen molar-refractivity contribution < 1.29 is 14.3 Å². The molecule has 0 radical (unpaired) electrons. The van der Waals surface area contributed by atoms with Crippen LogP contribution in [0.4, 0.5) is 0 Å². The number of nitrogens with zero attached hydrogens (tertiary/aromatic N) is 1. The number of benzene rings is 1. The molecule has 0 bridgehead atoms. The lowest BCUT2D eigenvalue weighted by atomic mass is 10.1. The van der Waals surface area contributed by atoms with Crippen LogP contribution in [0, 0.1) is 0 Å². The van der Waals surface area contributed by atoms with E-state index in [1.54, 1.807) is 37.4 Å². The van der Waals surface area contributed by atoms with Gasteiger partial charge < -0.3 is 19.7 Å². The van der Waals surface area contributed by atoms with Crippen LogP contribution in [0.2, 0.25) is 0 Å². The van der Waals surface area contributed by atoms with Gasteiger partial charge in [-0.05, 0) is 17.0 Å². The number of carbonyl (C=O) groups is 1. The quantitative estimate of drug-likeness (QED) is 0.524. The number of hydrogen-bond donors (Lipinski definition) is 1. The number of thiocarbonyl (C=S) groups is 1. The van der Waals surface area contributed by atoms with Crippen molar-refractivity contribution in [1.29, 1.82) is 0 Å². The van der Waals surface area contributed by atoms with Gasteiger partial charge in [0, 0.05) is 32.6 Å². The summed E-state index contributed by atoms with van der Waals surface area (Å²) in [5.41, 5.74) is 1.05. The molecule has 0 fully saturated rings. The second-order valence-electron chi connectivity index (χ2n) is 5.70. The summed E-state index contributed by atoms with van der Waals surface area (Å²) in [7, 11) is 3.15. The lowest BCUT2D eigenvalue weighted by Crippen LogP contribution is -2.43. The fourth-order valence-corrected chi connectivity index (χ4v) is 3.84. The van der Waals surface area contributed by atoms with E-state index in [9.17, 15) is 4.79 Å². The van der Waals surface area contributed by atoms with Crippen molar-refractivity contribution in [1.82, 2.24) is 10.2 Å². The normalized spacial score (nSPS) is 12.0. The molecule has 1 atom stereocenters. The van der Waals surface area contributed by atoms with Crippen LogP contribution in [0.1, 0.15) is 23.4 Å². The molecule has 1 amide bonds. The van der Waals surface area contributed by atoms with Crippen molar-refractivity contribution in [3.8, 4) is 0 Å². The first-order chi connectivity index (χ1) is 12.6. The summed E-state index contributed by atoms with van der Waals surface area (Å²) >= 11 is 7.22. The number of thiophene rings is 1. The highest BCUT2D eigenvalue weighted by Gasteiger charge is 2.28. The zero-order valence-electron chi connectivity index (χ0n) is 15.2. The lowest BCUT2D eigenvalue weighted by Gasteiger charge is -2.32. The zero-order valence-corrected chi connectivity index (χ0v) is 16.8. The van der Waals surface area contributed by atoms with Gasteiger partial charge >= 0.3 is 0 Å². The third-order valence-corrected chi connectivity index (χ3v) is 5.23. The van der Waals surface area contributed by atoms with Gasteiger partial charge in [-0.1, -0.05) is 48.6 Å². The Hall–Kier alpha value is -1.80. The van der Waals surface area contributed by atoms with Crippen molar-refractivity contribution in [3.05, 3.63) is 58.3 Å². The van der Waals surface area contributed by atoms with E-state index in [0.29, 0.717) is 18.1 Å². The summed E-state index contributed by atoms with van der Waals surface area (Å²) in [5.74, 6) is -0.0357. The van der Waals surface area contributed by atoms with Gasteiger partial charge in [-0.2, -0.15) is 0 Å². The summed E-state index contributed by atoms with van der Waals surface area (Å²) in [4.78, 5) is 15.8. The van der Waals surface area contributed by atoms with E-state index in [4.69, 9.17) is 21.7 Å². The van der Waals surface area contributed by atoms with E-state index < -0.39 is 6.29 Å². The van der Waals surface area contributed by atoms with Gasteiger partial charge in [0.15, 0.2) is 6.29 Å². The maximum Gasteiger partial charge on any atom is 0.220 e. The minimum atomic E-state index is -0.406. The fourth-order valence-electron chi connectivity index (χ4n) is 2.58. The monoisotopic (exact) mass is 392 g/mol. The van der Waals surface area contributed by atoms with E-state index in [1.165, 1.54) is 0 Å². The van der Waals surface area contributed by atoms with Crippen LogP contribution in [0.3, 0.4) is 0 Å². The van der Waals surface area contributed by atoms with E-state index >= 15 is 0 Å². The number of carbonyl (C=O) groups excluding carboxylic acids is 1. The molecule has 26 heavy (non-hydrogen) atoms. The van der Waals surface area contributed by atoms with E-state index in [0.717, 1.165) is 10.4 Å². The van der Waals surface area contributed by atoms with Gasteiger partial charge in [0.25, 0.3) is 0 Å². The second kappa shape index (κ2) is 10.4. The molecule has 0 spiro atoms. The molecule has 1 heterocycles. The van der Waals surface area contributed by atoms with Crippen molar-refractivity contribution in [2.75, 3.05) is 20.8 Å². The van der Waals surface area contributed by atoms with Gasteiger partial charge in [0.2, 0.25) is 5.91 Å². The lowest BCUT2D eigenvalue weighted by molar-refractivity contribution is -0.130. The first-order valence-corrected chi connectivity index (χ1v) is 9.53. The number of amides is 1. The summed E-state index contributed by atoms with van der Waals surface area (Å²) < 4.78 is 10.4. The molecule has 1 unspecified atom stereocenters. The summed E-state index contributed by atoms with van der Waals surface area (Å²) in [6.45, 7) is 2.46. The Labute approximate surface area is 163 Å². The Morgan fingerprint density at radius 1 is 1.19 bits per heavy atom. The highest BCUT2D eigenvalue weighted by atomic mass is 32.1. The van der Waals surface area contributed by atoms with Gasteiger partial charge in [0.05, 0.1) is 6.54 Å². The molecule has 0 aliphatic heterocycles. The third-order valence-electron chi connectivity index (χ3n) is 3.94. The molecule has 2 rings (SSSR count). The summed E-state index contributed by atoms with van der Waals surface area (Å²) in [5, 5.41) is 5.17. The van der Waals surface area contributed by atoms with E-state index in [2.05, 4.69) is 5.32 Å². The molecular formula is C19H24N2O3S2. The van der Waals surface area contributed by atoms with Crippen LogP contribution in [-0.4, -0.2) is 42.8 Å². The third kappa shape index (κ3) is 5.60. The summed E-state index contributed by atoms with van der Waals surface area (Å²) in [6, 6.07) is 13.5. The fraction of sp³-hybridized carbons (Fsp3) is 0.368. The standard InChI is InChI=1S/C19H24N2O3S2/c1-14(22)21(13-15-8-5-4-6-9-15)18(16-10-7-11-26-16)19(25)20-12-17(23-2)24-3/h4-11,17-18H,12-13H2,1-3H3,(H,20,25). The van der Waals surface area contributed by atoms with Crippen molar-refractivity contribution in [2.24, 2.45) is 0 Å². The average molecular weight is 393 g/mol. The Kier molecular flexibility index (Phi) is 8.18. The first kappa shape index (κ1) is 20.5. The maximum atomic E-state index is 12.4. The van der Waals surface area contributed by atoms with Crippen LogP contribution in [0.25, 0.3) is 0 Å². The molecule has 1 N–H and O–H groups in total. The average Bonchev–Trinajstić information content (AvgIpc) is 3.17. The molecule has 140 valence electrons. The number of hydrogen-bond acceptors (Lipinski definition) is 5. The van der Waals surface area contributed by atoms with Gasteiger partial charge in [-0.15, -0.1) is 11.3 Å². The SMILES string of the molecule is COC(CNC(=S)C(c1cccs1)N(Cc1ccccc1)C(C)=O)OC. The van der Waals surface area contributed by atoms with Crippen LogP contribution in [0.5, 0.6) is 0 Å². The minimum absolute atomic E-state index is 0.0357. The highest BCUT2D eigenvalue weighted by Crippen LogP contribution is 2.28. The Bertz CT molecular complexity index is 688. The second-order valence-corrected chi connectivity index (χ2v) is 7.12. The molecule has 5 nitrogen and oxygen atoms in total. The largest absolute Gasteiger partial charge is 0.373 e. The minimum Gasteiger partial charge on any atom is -0.373 e. The van der Waals surface area contributed by atoms with Gasteiger partial charge in [-0.25, -0.2) is 0 Å². The number of rotatable bonds is 9. The summed E-state index contributed by atoms with van der Waals surface area (Å²) in [6.07, 6.45) is -0.406. The smallest absolute Gasteiger partial charge is 0.220 e. The topological polar surface area (TPSA) is 50.8 Å². The molecule has 1 aromatic carbocycles. The van der Waals surface area contributed by atoms with E-state index in [1.807, 2.05) is 47.8 Å². The van der Waals surface area contributed by atoms with Crippen LogP contribution in [-0.2, 0) is 20.8 Å². The highest BCUT2D eigenvalue weighted by molar-refractivity contribution is 7.80. The van der Waals surface area contributed by atoms with E-state index in [-0.39, 0.29) is 11.9 Å². The molecule has 7 heteroatoms. The molecular weight excluding hydrogens is 368 g/mol. The predicted octanol–water partition coefficient (Wildman–Crippen LogP) is 3.37. The van der Waals surface area contributed by atoms with Crippen molar-refractivity contribution in [2.45, 2.75) is 25.8 Å². The molecule has 0 aliphatic carbocycles. The Morgan fingerprint density at radius 3 is 2.42 bits per heavy atom. The molecule has 2 aromatic rings. The van der Waals surface area contributed by atoms with Crippen LogP contribution >= 0.6 is 23.6 Å². The number of methoxy groups -OCH3 is 2. The number of ether oxygens (including phenoxy) is 2.